The maximum atomic E-state index is 12.4. The summed E-state index contributed by atoms with van der Waals surface area (Å²) in [6.07, 6.45) is 2.95. The highest BCUT2D eigenvalue weighted by Gasteiger charge is 2.26. The number of rotatable bonds is 5. The van der Waals surface area contributed by atoms with Crippen LogP contribution in [0.2, 0.25) is 0 Å². The van der Waals surface area contributed by atoms with Crippen LogP contribution in [0, 0.1) is 0 Å². The lowest BCUT2D eigenvalue weighted by Gasteiger charge is -2.23. The van der Waals surface area contributed by atoms with Crippen LogP contribution < -0.4 is 4.41 Å². The minimum absolute atomic E-state index is 0.0463. The van der Waals surface area contributed by atoms with Crippen LogP contribution in [0.5, 0.6) is 0 Å². The van der Waals surface area contributed by atoms with Crippen LogP contribution in [0.15, 0.2) is 59.8 Å². The fourth-order valence-corrected chi connectivity index (χ4v) is 2.98. The molecule has 0 saturated carbocycles. The van der Waals surface area contributed by atoms with Gasteiger partial charge in [-0.25, -0.2) is 0 Å². The van der Waals surface area contributed by atoms with E-state index in [0.29, 0.717) is 0 Å². The molecule has 6 nitrogen and oxygen atoms in total. The SMILES string of the molecule is O=C(O)CN(n1cccc1)S(=O)(=O)c1ccccc1. The Morgan fingerprint density at radius 3 is 2.21 bits per heavy atom. The monoisotopic (exact) mass is 280 g/mol. The molecule has 0 aliphatic heterocycles. The van der Waals surface area contributed by atoms with E-state index in [9.17, 15) is 13.2 Å². The molecule has 0 spiro atoms. The van der Waals surface area contributed by atoms with Crippen molar-refractivity contribution in [2.24, 2.45) is 0 Å². The Bertz CT molecular complexity index is 650. The number of aliphatic carboxylic acids is 1. The Balaban J connectivity index is 2.47. The van der Waals surface area contributed by atoms with E-state index in [-0.39, 0.29) is 4.90 Å². The maximum Gasteiger partial charge on any atom is 0.326 e. The van der Waals surface area contributed by atoms with Gasteiger partial charge in [-0.05, 0) is 24.3 Å². The van der Waals surface area contributed by atoms with Gasteiger partial charge >= 0.3 is 5.97 Å². The molecule has 0 amide bonds. The first-order valence-electron chi connectivity index (χ1n) is 5.44. The van der Waals surface area contributed by atoms with Crippen LogP contribution in [-0.4, -0.2) is 30.7 Å². The highest BCUT2D eigenvalue weighted by molar-refractivity contribution is 7.92. The molecule has 0 aliphatic carbocycles. The lowest BCUT2D eigenvalue weighted by Crippen LogP contribution is -2.43. The van der Waals surface area contributed by atoms with Gasteiger partial charge in [-0.15, -0.1) is 0 Å². The quantitative estimate of drug-likeness (QED) is 0.882. The molecule has 1 heterocycles. The van der Waals surface area contributed by atoms with Gasteiger partial charge in [-0.1, -0.05) is 18.2 Å². The molecule has 7 heteroatoms. The summed E-state index contributed by atoms with van der Waals surface area (Å²) in [7, 11) is -3.90. The summed E-state index contributed by atoms with van der Waals surface area (Å²) >= 11 is 0. The van der Waals surface area contributed by atoms with Crippen molar-refractivity contribution >= 4 is 16.0 Å². The Morgan fingerprint density at radius 2 is 1.68 bits per heavy atom. The van der Waals surface area contributed by atoms with Gasteiger partial charge in [0.1, 0.15) is 6.54 Å². The van der Waals surface area contributed by atoms with E-state index < -0.39 is 22.5 Å². The molecule has 0 unspecified atom stereocenters. The minimum Gasteiger partial charge on any atom is -0.480 e. The summed E-state index contributed by atoms with van der Waals surface area (Å²) < 4.78 is 26.8. The van der Waals surface area contributed by atoms with Crippen LogP contribution >= 0.6 is 0 Å². The number of nitrogens with zero attached hydrogens (tertiary/aromatic N) is 2. The van der Waals surface area contributed by atoms with Gasteiger partial charge in [0.15, 0.2) is 0 Å². The number of aromatic nitrogens is 1. The molecule has 0 radical (unpaired) electrons. The van der Waals surface area contributed by atoms with Gasteiger partial charge in [-0.3, -0.25) is 9.47 Å². The average Bonchev–Trinajstić information content (AvgIpc) is 2.90. The van der Waals surface area contributed by atoms with E-state index in [1.54, 1.807) is 30.3 Å². The van der Waals surface area contributed by atoms with Gasteiger partial charge in [-0.2, -0.15) is 12.8 Å². The van der Waals surface area contributed by atoms with Gasteiger partial charge in [0, 0.05) is 12.4 Å². The Kier molecular flexibility index (Phi) is 3.57. The van der Waals surface area contributed by atoms with Crippen molar-refractivity contribution in [1.82, 2.24) is 4.68 Å². The predicted octanol–water partition coefficient (Wildman–Crippen LogP) is 0.900. The maximum absolute atomic E-state index is 12.4. The summed E-state index contributed by atoms with van der Waals surface area (Å²) in [6, 6.07) is 10.9. The van der Waals surface area contributed by atoms with E-state index in [0.717, 1.165) is 4.41 Å². The highest BCUT2D eigenvalue weighted by Crippen LogP contribution is 2.14. The lowest BCUT2D eigenvalue weighted by molar-refractivity contribution is -0.135. The predicted molar refractivity (Wildman–Crippen MR) is 68.8 cm³/mol. The molecule has 0 aliphatic rings. The van der Waals surface area contributed by atoms with Crippen molar-refractivity contribution in [2.45, 2.75) is 4.90 Å². The number of benzene rings is 1. The topological polar surface area (TPSA) is 79.6 Å². The molecule has 0 fully saturated rings. The molecule has 0 saturated heterocycles. The summed E-state index contributed by atoms with van der Waals surface area (Å²) in [5.41, 5.74) is 0. The molecule has 1 N–H and O–H groups in total. The zero-order valence-corrected chi connectivity index (χ0v) is 10.7. The third-order valence-corrected chi connectivity index (χ3v) is 4.18. The van der Waals surface area contributed by atoms with Crippen molar-refractivity contribution < 1.29 is 18.3 Å². The molecule has 100 valence electrons. The fraction of sp³-hybridized carbons (Fsp3) is 0.0833. The third-order valence-electron chi connectivity index (χ3n) is 2.44. The lowest BCUT2D eigenvalue weighted by atomic mass is 10.4. The van der Waals surface area contributed by atoms with Crippen LogP contribution in [0.1, 0.15) is 0 Å². The number of hydrogen-bond acceptors (Lipinski definition) is 3. The van der Waals surface area contributed by atoms with E-state index in [4.69, 9.17) is 5.11 Å². The molecule has 2 rings (SSSR count). The Morgan fingerprint density at radius 1 is 1.11 bits per heavy atom. The number of hydrogen-bond donors (Lipinski definition) is 1. The average molecular weight is 280 g/mol. The first-order chi connectivity index (χ1) is 9.01. The highest BCUT2D eigenvalue weighted by atomic mass is 32.2. The normalized spacial score (nSPS) is 11.2. The Hall–Kier alpha value is -2.28. The molecule has 1 aromatic heterocycles. The standard InChI is InChI=1S/C12H12N2O4S/c15-12(16)10-14(13-8-4-5-9-13)19(17,18)11-6-2-1-3-7-11/h1-9H,10H2,(H,15,16). The summed E-state index contributed by atoms with van der Waals surface area (Å²) in [5, 5.41) is 8.87. The third kappa shape index (κ3) is 2.76. The van der Waals surface area contributed by atoms with Crippen molar-refractivity contribution in [3.05, 3.63) is 54.9 Å². The second-order valence-electron chi connectivity index (χ2n) is 3.76. The van der Waals surface area contributed by atoms with E-state index >= 15 is 0 Å². The largest absolute Gasteiger partial charge is 0.480 e. The molecule has 19 heavy (non-hydrogen) atoms. The minimum atomic E-state index is -3.90. The summed E-state index contributed by atoms with van der Waals surface area (Å²) in [4.78, 5) is 10.9. The van der Waals surface area contributed by atoms with Gasteiger partial charge in [0.05, 0.1) is 4.90 Å². The number of carboxylic acid groups (broad SMARTS) is 1. The smallest absolute Gasteiger partial charge is 0.326 e. The molecule has 1 aromatic carbocycles. The fourth-order valence-electron chi connectivity index (χ4n) is 1.59. The van der Waals surface area contributed by atoms with Crippen molar-refractivity contribution in [3.63, 3.8) is 0 Å². The molecular weight excluding hydrogens is 268 g/mol. The zero-order valence-electron chi connectivity index (χ0n) is 9.88. The van der Waals surface area contributed by atoms with Crippen molar-refractivity contribution in [2.75, 3.05) is 11.0 Å². The number of carbonyl (C=O) groups is 1. The zero-order chi connectivity index (χ0) is 13.9. The van der Waals surface area contributed by atoms with Crippen molar-refractivity contribution in [1.29, 1.82) is 0 Å². The molecule has 0 bridgehead atoms. The van der Waals surface area contributed by atoms with Gasteiger partial charge < -0.3 is 5.11 Å². The van der Waals surface area contributed by atoms with Crippen molar-refractivity contribution in [3.8, 4) is 0 Å². The van der Waals surface area contributed by atoms with Crippen LogP contribution in [-0.2, 0) is 14.8 Å². The Labute approximate surface area is 110 Å². The van der Waals surface area contributed by atoms with E-state index in [1.807, 2.05) is 0 Å². The van der Waals surface area contributed by atoms with Crippen LogP contribution in [0.4, 0.5) is 0 Å². The van der Waals surface area contributed by atoms with Crippen LogP contribution in [0.3, 0.4) is 0 Å². The first kappa shape index (κ1) is 13.2. The molecule has 2 aromatic rings. The van der Waals surface area contributed by atoms with Gasteiger partial charge in [0.2, 0.25) is 0 Å². The number of sulfonamides is 1. The van der Waals surface area contributed by atoms with E-state index in [1.165, 1.54) is 29.2 Å². The summed E-state index contributed by atoms with van der Waals surface area (Å²) in [5.74, 6) is -1.23. The number of carboxylic acids is 1. The van der Waals surface area contributed by atoms with E-state index in [2.05, 4.69) is 0 Å². The summed E-state index contributed by atoms with van der Waals surface area (Å²) in [6.45, 7) is -0.647. The first-order valence-corrected chi connectivity index (χ1v) is 6.88. The van der Waals surface area contributed by atoms with Crippen LogP contribution in [0.25, 0.3) is 0 Å². The second kappa shape index (κ2) is 5.15. The second-order valence-corrected chi connectivity index (χ2v) is 5.60. The molecular formula is C12H12N2O4S. The molecule has 0 atom stereocenters. The van der Waals surface area contributed by atoms with Gasteiger partial charge in [0.25, 0.3) is 10.0 Å².